The highest BCUT2D eigenvalue weighted by molar-refractivity contribution is 5.81. The van der Waals surface area contributed by atoms with Gasteiger partial charge in [-0.2, -0.15) is 0 Å². The van der Waals surface area contributed by atoms with Gasteiger partial charge in [-0.25, -0.2) is 9.59 Å². The summed E-state index contributed by atoms with van der Waals surface area (Å²) in [4.78, 5) is 34.7. The molecule has 0 bridgehead atoms. The second kappa shape index (κ2) is 9.22. The van der Waals surface area contributed by atoms with Crippen LogP contribution in [0.3, 0.4) is 0 Å². The molecule has 9 heteroatoms. The number of nitrogens with one attached hydrogen (secondary N) is 1. The number of carbonyl (C=O) groups is 2. The number of benzene rings is 3. The van der Waals surface area contributed by atoms with E-state index in [0.717, 1.165) is 28.3 Å². The van der Waals surface area contributed by atoms with E-state index in [2.05, 4.69) is 5.32 Å². The number of aromatic hydroxyl groups is 1. The lowest BCUT2D eigenvalue weighted by Gasteiger charge is -2.18. The van der Waals surface area contributed by atoms with Gasteiger partial charge in [0.15, 0.2) is 0 Å². The summed E-state index contributed by atoms with van der Waals surface area (Å²) in [6.07, 6.45) is -1.29. The van der Waals surface area contributed by atoms with Crippen molar-refractivity contribution in [3.05, 3.63) is 93.0 Å². The number of ether oxygens (including phenoxy) is 1. The zero-order valence-corrected chi connectivity index (χ0v) is 18.2. The van der Waals surface area contributed by atoms with E-state index in [9.17, 15) is 29.9 Å². The summed E-state index contributed by atoms with van der Waals surface area (Å²) in [6.45, 7) is 1.48. The molecule has 0 aliphatic heterocycles. The SMILES string of the molecule is Cc1cc([N+](=O)[O-])cc(CC(NC(=O)OCC2c3ccccc3-c3ccccc32)C(=O)O)c1O. The van der Waals surface area contributed by atoms with Gasteiger partial charge < -0.3 is 20.3 Å². The maximum absolute atomic E-state index is 12.5. The Hall–Kier alpha value is -4.40. The molecule has 0 saturated carbocycles. The van der Waals surface area contributed by atoms with Crippen molar-refractivity contribution in [3.63, 3.8) is 0 Å². The minimum Gasteiger partial charge on any atom is -0.507 e. The Balaban J connectivity index is 1.47. The number of nitro benzene ring substituents is 1. The number of carboxylic acids is 1. The fourth-order valence-electron chi connectivity index (χ4n) is 4.30. The zero-order valence-electron chi connectivity index (χ0n) is 18.2. The third-order valence-corrected chi connectivity index (χ3v) is 5.93. The van der Waals surface area contributed by atoms with Crippen molar-refractivity contribution < 1.29 is 29.5 Å². The number of nitrogens with zero attached hydrogens (tertiary/aromatic N) is 1. The number of alkyl carbamates (subject to hydrolysis) is 1. The first kappa shape index (κ1) is 22.8. The molecule has 9 nitrogen and oxygen atoms in total. The predicted molar refractivity (Wildman–Crippen MR) is 123 cm³/mol. The Bertz CT molecular complexity index is 1240. The first-order valence-corrected chi connectivity index (χ1v) is 10.6. The Morgan fingerprint density at radius 1 is 1.09 bits per heavy atom. The highest BCUT2D eigenvalue weighted by Crippen LogP contribution is 2.44. The van der Waals surface area contributed by atoms with E-state index in [1.165, 1.54) is 13.0 Å². The van der Waals surface area contributed by atoms with Crippen molar-refractivity contribution in [2.45, 2.75) is 25.3 Å². The van der Waals surface area contributed by atoms with Crippen LogP contribution in [-0.2, 0) is 16.0 Å². The van der Waals surface area contributed by atoms with Crippen molar-refractivity contribution in [1.29, 1.82) is 0 Å². The lowest BCUT2D eigenvalue weighted by atomic mass is 9.98. The predicted octanol–water partition coefficient (Wildman–Crippen LogP) is 4.14. The molecule has 1 amide bonds. The number of aryl methyl sites for hydroxylation is 1. The number of carboxylic acid groups (broad SMARTS) is 1. The van der Waals surface area contributed by atoms with Gasteiger partial charge in [0.1, 0.15) is 18.4 Å². The molecule has 1 aliphatic rings. The van der Waals surface area contributed by atoms with Gasteiger partial charge in [0.05, 0.1) is 4.92 Å². The maximum atomic E-state index is 12.5. The molecular formula is C25H22N2O7. The molecule has 3 aromatic carbocycles. The molecule has 0 radical (unpaired) electrons. The van der Waals surface area contributed by atoms with Crippen molar-refractivity contribution in [2.75, 3.05) is 6.61 Å². The molecule has 0 spiro atoms. The van der Waals surface area contributed by atoms with Gasteiger partial charge in [-0.05, 0) is 34.7 Å². The quantitative estimate of drug-likeness (QED) is 0.354. The van der Waals surface area contributed by atoms with Crippen molar-refractivity contribution in [1.82, 2.24) is 5.32 Å². The van der Waals surface area contributed by atoms with E-state index in [1.807, 2.05) is 48.5 Å². The highest BCUT2D eigenvalue weighted by Gasteiger charge is 2.30. The number of non-ortho nitro benzene ring substituents is 1. The van der Waals surface area contributed by atoms with Crippen LogP contribution in [0.5, 0.6) is 5.75 Å². The normalized spacial score (nSPS) is 13.0. The summed E-state index contributed by atoms with van der Waals surface area (Å²) in [6, 6.07) is 16.5. The fraction of sp³-hybridized carbons (Fsp3) is 0.200. The number of phenols is 1. The lowest BCUT2D eigenvalue weighted by Crippen LogP contribution is -2.43. The van der Waals surface area contributed by atoms with Crippen molar-refractivity contribution in [3.8, 4) is 16.9 Å². The Labute approximate surface area is 194 Å². The molecule has 3 aromatic rings. The Kier molecular flexibility index (Phi) is 6.18. The molecule has 0 fully saturated rings. The first-order chi connectivity index (χ1) is 16.3. The average molecular weight is 462 g/mol. The summed E-state index contributed by atoms with van der Waals surface area (Å²) in [5.41, 5.74) is 4.15. The van der Waals surface area contributed by atoms with Crippen LogP contribution in [0.1, 0.15) is 28.2 Å². The first-order valence-electron chi connectivity index (χ1n) is 10.6. The molecule has 0 heterocycles. The van der Waals surface area contributed by atoms with Crippen molar-refractivity contribution in [2.24, 2.45) is 0 Å². The van der Waals surface area contributed by atoms with Crippen LogP contribution in [0.25, 0.3) is 11.1 Å². The van der Waals surface area contributed by atoms with E-state index in [1.54, 1.807) is 0 Å². The van der Waals surface area contributed by atoms with E-state index < -0.39 is 23.0 Å². The smallest absolute Gasteiger partial charge is 0.407 e. The minimum absolute atomic E-state index is 0.00731. The van der Waals surface area contributed by atoms with Crippen LogP contribution < -0.4 is 5.32 Å². The molecule has 1 aliphatic carbocycles. The molecule has 0 aromatic heterocycles. The van der Waals surface area contributed by atoms with Crippen LogP contribution in [0.2, 0.25) is 0 Å². The monoisotopic (exact) mass is 462 g/mol. The zero-order chi connectivity index (χ0) is 24.4. The number of hydrogen-bond acceptors (Lipinski definition) is 6. The number of rotatable bonds is 7. The van der Waals surface area contributed by atoms with Gasteiger partial charge in [0.2, 0.25) is 0 Å². The number of fused-ring (bicyclic) bond motifs is 3. The van der Waals surface area contributed by atoms with E-state index in [-0.39, 0.29) is 41.5 Å². The number of aliphatic carboxylic acids is 1. The Morgan fingerprint density at radius 3 is 2.24 bits per heavy atom. The van der Waals surface area contributed by atoms with E-state index >= 15 is 0 Å². The van der Waals surface area contributed by atoms with E-state index in [0.29, 0.717) is 0 Å². The number of carbonyl (C=O) groups excluding carboxylic acids is 1. The molecule has 1 unspecified atom stereocenters. The summed E-state index contributed by atoms with van der Waals surface area (Å²) in [5.74, 6) is -1.81. The second-order valence-corrected chi connectivity index (χ2v) is 8.09. The summed E-state index contributed by atoms with van der Waals surface area (Å²) in [7, 11) is 0. The summed E-state index contributed by atoms with van der Waals surface area (Å²) in [5, 5.41) is 33.2. The van der Waals surface area contributed by atoms with Gasteiger partial charge in [-0.1, -0.05) is 48.5 Å². The van der Waals surface area contributed by atoms with Crippen LogP contribution in [0.15, 0.2) is 60.7 Å². The molecule has 34 heavy (non-hydrogen) atoms. The van der Waals surface area contributed by atoms with Gasteiger partial charge in [-0.3, -0.25) is 10.1 Å². The molecule has 174 valence electrons. The standard InChI is InChI=1S/C25H22N2O7/c1-14-10-16(27(32)33)11-15(23(14)28)12-22(24(29)30)26-25(31)34-13-21-19-8-4-2-6-17(19)18-7-3-5-9-20(18)21/h2-11,21-22,28H,12-13H2,1H3,(H,26,31)(H,29,30). The van der Waals surface area contributed by atoms with Crippen LogP contribution in [0, 0.1) is 17.0 Å². The van der Waals surface area contributed by atoms with Gasteiger partial charge in [0, 0.05) is 30.0 Å². The number of hydrogen-bond donors (Lipinski definition) is 3. The van der Waals surface area contributed by atoms with Crippen LogP contribution >= 0.6 is 0 Å². The molecule has 3 N–H and O–H groups in total. The number of nitro groups is 1. The number of amides is 1. The maximum Gasteiger partial charge on any atom is 0.407 e. The third-order valence-electron chi connectivity index (χ3n) is 5.93. The van der Waals surface area contributed by atoms with Gasteiger partial charge >= 0.3 is 12.1 Å². The topological polar surface area (TPSA) is 139 Å². The van der Waals surface area contributed by atoms with Crippen molar-refractivity contribution >= 4 is 17.7 Å². The minimum atomic E-state index is -1.46. The van der Waals surface area contributed by atoms with Crippen LogP contribution in [-0.4, -0.2) is 39.8 Å². The Morgan fingerprint density at radius 2 is 1.68 bits per heavy atom. The third kappa shape index (κ3) is 4.40. The molecule has 1 atom stereocenters. The van der Waals surface area contributed by atoms with Gasteiger partial charge in [-0.15, -0.1) is 0 Å². The highest BCUT2D eigenvalue weighted by atomic mass is 16.6. The van der Waals surface area contributed by atoms with E-state index in [4.69, 9.17) is 4.74 Å². The van der Waals surface area contributed by atoms with Gasteiger partial charge in [0.25, 0.3) is 5.69 Å². The summed E-state index contributed by atoms with van der Waals surface area (Å²) >= 11 is 0. The largest absolute Gasteiger partial charge is 0.507 e. The number of phenolic OH excluding ortho intramolecular Hbond substituents is 1. The fourth-order valence-corrected chi connectivity index (χ4v) is 4.30. The second-order valence-electron chi connectivity index (χ2n) is 8.09. The summed E-state index contributed by atoms with van der Waals surface area (Å²) < 4.78 is 5.39. The molecular weight excluding hydrogens is 440 g/mol. The lowest BCUT2D eigenvalue weighted by molar-refractivity contribution is -0.385. The molecule has 0 saturated heterocycles. The molecule has 4 rings (SSSR count). The van der Waals surface area contributed by atoms with Crippen LogP contribution in [0.4, 0.5) is 10.5 Å². The average Bonchev–Trinajstić information content (AvgIpc) is 3.13.